The fourth-order valence-corrected chi connectivity index (χ4v) is 2.93. The van der Waals surface area contributed by atoms with Crippen molar-refractivity contribution >= 4 is 11.3 Å². The van der Waals surface area contributed by atoms with Gasteiger partial charge >= 0.3 is 0 Å². The molecule has 0 aliphatic carbocycles. The zero-order chi connectivity index (χ0) is 15.2. The van der Waals surface area contributed by atoms with Crippen LogP contribution in [0.5, 0.6) is 11.5 Å². The second kappa shape index (κ2) is 7.07. The molecule has 2 aromatic rings. The van der Waals surface area contributed by atoms with Crippen LogP contribution in [0.15, 0.2) is 18.2 Å². The Kier molecular flexibility index (Phi) is 5.14. The minimum atomic E-state index is 0.337. The molecule has 21 heavy (non-hydrogen) atoms. The maximum atomic E-state index is 8.89. The molecular weight excluding hydrogens is 288 g/mol. The number of methoxy groups -OCH3 is 3. The molecule has 0 aliphatic rings. The van der Waals surface area contributed by atoms with Crippen LogP contribution in [0.4, 0.5) is 0 Å². The van der Waals surface area contributed by atoms with Crippen molar-refractivity contribution in [2.24, 2.45) is 0 Å². The number of aromatic nitrogens is 1. The number of nitriles is 1. The van der Waals surface area contributed by atoms with Gasteiger partial charge in [0, 0.05) is 17.6 Å². The van der Waals surface area contributed by atoms with E-state index in [1.54, 1.807) is 21.3 Å². The van der Waals surface area contributed by atoms with Gasteiger partial charge in [0.2, 0.25) is 0 Å². The first-order valence-corrected chi connectivity index (χ1v) is 7.12. The van der Waals surface area contributed by atoms with Crippen LogP contribution < -0.4 is 9.47 Å². The third-order valence-corrected chi connectivity index (χ3v) is 4.08. The summed E-state index contributed by atoms with van der Waals surface area (Å²) < 4.78 is 15.7. The van der Waals surface area contributed by atoms with Crippen LogP contribution in [0.2, 0.25) is 0 Å². The molecule has 1 heterocycles. The van der Waals surface area contributed by atoms with E-state index < -0.39 is 0 Å². The summed E-state index contributed by atoms with van der Waals surface area (Å²) in [5.74, 6) is 1.33. The van der Waals surface area contributed by atoms with E-state index in [2.05, 4.69) is 11.1 Å². The zero-order valence-electron chi connectivity index (χ0n) is 12.2. The Balaban J connectivity index is 2.42. The molecule has 0 radical (unpaired) electrons. The molecule has 110 valence electrons. The van der Waals surface area contributed by atoms with Crippen molar-refractivity contribution in [1.29, 1.82) is 5.26 Å². The van der Waals surface area contributed by atoms with Gasteiger partial charge in [-0.2, -0.15) is 5.26 Å². The predicted octanol–water partition coefficient (Wildman–Crippen LogP) is 3.04. The Bertz CT molecular complexity index is 661. The molecule has 0 unspecified atom stereocenters. The summed E-state index contributed by atoms with van der Waals surface area (Å²) >= 11 is 1.50. The monoisotopic (exact) mass is 304 g/mol. The molecule has 2 rings (SSSR count). The first-order chi connectivity index (χ1) is 10.2. The summed E-state index contributed by atoms with van der Waals surface area (Å²) in [5, 5.41) is 9.74. The summed E-state index contributed by atoms with van der Waals surface area (Å²) in [4.78, 5) is 5.50. The molecule has 6 heteroatoms. The van der Waals surface area contributed by atoms with Gasteiger partial charge in [-0.05, 0) is 18.2 Å². The number of benzene rings is 1. The number of hydrogen-bond acceptors (Lipinski definition) is 6. The SMILES string of the molecule is COCc1nc(-c2ccc(OC)c(OC)c2)sc1CC#N. The molecule has 1 aromatic carbocycles. The minimum Gasteiger partial charge on any atom is -0.493 e. The fraction of sp³-hybridized carbons (Fsp3) is 0.333. The molecule has 0 spiro atoms. The van der Waals surface area contributed by atoms with Gasteiger partial charge in [0.05, 0.1) is 39.0 Å². The van der Waals surface area contributed by atoms with Crippen LogP contribution >= 0.6 is 11.3 Å². The van der Waals surface area contributed by atoms with E-state index in [4.69, 9.17) is 19.5 Å². The van der Waals surface area contributed by atoms with Crippen molar-refractivity contribution in [3.8, 4) is 28.1 Å². The van der Waals surface area contributed by atoms with Crippen LogP contribution in [-0.2, 0) is 17.8 Å². The van der Waals surface area contributed by atoms with E-state index in [1.165, 1.54) is 11.3 Å². The third kappa shape index (κ3) is 3.32. The highest BCUT2D eigenvalue weighted by atomic mass is 32.1. The normalized spacial score (nSPS) is 10.2. The average Bonchev–Trinajstić information content (AvgIpc) is 2.90. The summed E-state index contributed by atoms with van der Waals surface area (Å²) in [5.41, 5.74) is 1.74. The van der Waals surface area contributed by atoms with Crippen molar-refractivity contribution in [2.75, 3.05) is 21.3 Å². The second-order valence-electron chi connectivity index (χ2n) is 4.23. The first-order valence-electron chi connectivity index (χ1n) is 6.30. The Morgan fingerprint density at radius 1 is 1.19 bits per heavy atom. The van der Waals surface area contributed by atoms with Crippen LogP contribution in [0.3, 0.4) is 0 Å². The Morgan fingerprint density at radius 3 is 2.57 bits per heavy atom. The van der Waals surface area contributed by atoms with Gasteiger partial charge < -0.3 is 14.2 Å². The molecule has 0 fully saturated rings. The molecular formula is C15H16N2O3S. The Labute approximate surface area is 127 Å². The fourth-order valence-electron chi connectivity index (χ4n) is 1.94. The highest BCUT2D eigenvalue weighted by Gasteiger charge is 2.14. The smallest absolute Gasteiger partial charge is 0.161 e. The summed E-state index contributed by atoms with van der Waals surface area (Å²) in [6, 6.07) is 7.80. The molecule has 0 amide bonds. The van der Waals surface area contributed by atoms with Crippen LogP contribution in [0.25, 0.3) is 10.6 Å². The molecule has 0 bridgehead atoms. The van der Waals surface area contributed by atoms with Gasteiger partial charge in [-0.15, -0.1) is 11.3 Å². The highest BCUT2D eigenvalue weighted by Crippen LogP contribution is 2.35. The number of rotatable bonds is 6. The van der Waals surface area contributed by atoms with Crippen LogP contribution in [0.1, 0.15) is 10.6 Å². The third-order valence-electron chi connectivity index (χ3n) is 2.93. The second-order valence-corrected chi connectivity index (χ2v) is 5.31. The van der Waals surface area contributed by atoms with E-state index >= 15 is 0 Å². The van der Waals surface area contributed by atoms with Gasteiger partial charge in [0.15, 0.2) is 11.5 Å². The van der Waals surface area contributed by atoms with E-state index in [9.17, 15) is 0 Å². The molecule has 1 aromatic heterocycles. The lowest BCUT2D eigenvalue weighted by Crippen LogP contribution is -1.93. The lowest BCUT2D eigenvalue weighted by atomic mass is 10.2. The molecule has 5 nitrogen and oxygen atoms in total. The summed E-state index contributed by atoms with van der Waals surface area (Å²) in [7, 11) is 4.81. The number of thiazole rings is 1. The van der Waals surface area contributed by atoms with Gasteiger partial charge in [-0.25, -0.2) is 4.98 Å². The number of hydrogen-bond donors (Lipinski definition) is 0. The largest absolute Gasteiger partial charge is 0.493 e. The lowest BCUT2D eigenvalue weighted by Gasteiger charge is -2.08. The highest BCUT2D eigenvalue weighted by molar-refractivity contribution is 7.15. The van der Waals surface area contributed by atoms with Gasteiger partial charge in [0.1, 0.15) is 5.01 Å². The molecule has 0 N–H and O–H groups in total. The molecule has 0 aliphatic heterocycles. The van der Waals surface area contributed by atoms with E-state index in [0.29, 0.717) is 24.5 Å². The van der Waals surface area contributed by atoms with E-state index in [1.807, 2.05) is 18.2 Å². The van der Waals surface area contributed by atoms with E-state index in [0.717, 1.165) is 21.1 Å². The van der Waals surface area contributed by atoms with Gasteiger partial charge in [-0.3, -0.25) is 0 Å². The number of ether oxygens (including phenoxy) is 3. The quantitative estimate of drug-likeness (QED) is 0.820. The maximum absolute atomic E-state index is 8.89. The Morgan fingerprint density at radius 2 is 1.95 bits per heavy atom. The topological polar surface area (TPSA) is 64.4 Å². The predicted molar refractivity (Wildman–Crippen MR) is 80.7 cm³/mol. The number of nitrogens with zero attached hydrogens (tertiary/aromatic N) is 2. The molecule has 0 saturated heterocycles. The molecule has 0 saturated carbocycles. The first kappa shape index (κ1) is 15.3. The van der Waals surface area contributed by atoms with Crippen LogP contribution in [-0.4, -0.2) is 26.3 Å². The summed E-state index contributed by atoms with van der Waals surface area (Å²) in [6.07, 6.45) is 0.337. The molecule has 0 atom stereocenters. The van der Waals surface area contributed by atoms with E-state index in [-0.39, 0.29) is 0 Å². The Hall–Kier alpha value is -2.10. The average molecular weight is 304 g/mol. The summed E-state index contributed by atoms with van der Waals surface area (Å²) in [6.45, 7) is 0.404. The van der Waals surface area contributed by atoms with Crippen molar-refractivity contribution in [2.45, 2.75) is 13.0 Å². The van der Waals surface area contributed by atoms with Crippen molar-refractivity contribution in [3.63, 3.8) is 0 Å². The minimum absolute atomic E-state index is 0.337. The van der Waals surface area contributed by atoms with Gasteiger partial charge in [-0.1, -0.05) is 0 Å². The zero-order valence-corrected chi connectivity index (χ0v) is 13.0. The van der Waals surface area contributed by atoms with Crippen LogP contribution in [0, 0.1) is 11.3 Å². The maximum Gasteiger partial charge on any atom is 0.161 e. The van der Waals surface area contributed by atoms with Crippen molar-refractivity contribution < 1.29 is 14.2 Å². The standard InChI is InChI=1S/C15H16N2O3S/c1-18-9-11-14(6-7-16)21-15(17-11)10-4-5-12(19-2)13(8-10)20-3/h4-5,8H,6,9H2,1-3H3. The van der Waals surface area contributed by atoms with Gasteiger partial charge in [0.25, 0.3) is 0 Å². The van der Waals surface area contributed by atoms with Crippen molar-refractivity contribution in [1.82, 2.24) is 4.98 Å². The van der Waals surface area contributed by atoms with Crippen molar-refractivity contribution in [3.05, 3.63) is 28.8 Å². The lowest BCUT2D eigenvalue weighted by molar-refractivity contribution is 0.181.